The molecule has 148 valence electrons. The largest absolute Gasteiger partial charge is 0.366 e. The van der Waals surface area contributed by atoms with E-state index < -0.39 is 0 Å². The van der Waals surface area contributed by atoms with Crippen LogP contribution in [0.25, 0.3) is 0 Å². The Morgan fingerprint density at radius 1 is 1.26 bits per heavy atom. The van der Waals surface area contributed by atoms with E-state index in [0.29, 0.717) is 18.5 Å². The molecular weight excluding hydrogens is 453 g/mol. The van der Waals surface area contributed by atoms with Gasteiger partial charge >= 0.3 is 0 Å². The molecule has 1 aliphatic heterocycles. The number of guanidine groups is 1. The molecule has 0 spiro atoms. The number of fused-ring (bicyclic) bond motifs is 1. The van der Waals surface area contributed by atoms with Crippen molar-refractivity contribution in [2.75, 3.05) is 25.0 Å². The van der Waals surface area contributed by atoms with Gasteiger partial charge in [0, 0.05) is 37.9 Å². The molecule has 3 rings (SSSR count). The van der Waals surface area contributed by atoms with Gasteiger partial charge in [0.15, 0.2) is 11.7 Å². The van der Waals surface area contributed by atoms with Gasteiger partial charge in [0.1, 0.15) is 0 Å². The maximum absolute atomic E-state index is 5.36. The third kappa shape index (κ3) is 5.37. The molecule has 0 aliphatic carbocycles. The minimum absolute atomic E-state index is 0. The van der Waals surface area contributed by atoms with Crippen LogP contribution in [-0.2, 0) is 13.0 Å². The van der Waals surface area contributed by atoms with Crippen LogP contribution in [0, 0.1) is 0 Å². The molecule has 1 aliphatic rings. The third-order valence-electron chi connectivity index (χ3n) is 4.84. The molecule has 0 fully saturated rings. The fraction of sp³-hybridized carbons (Fsp3) is 0.500. The van der Waals surface area contributed by atoms with E-state index in [9.17, 15) is 0 Å². The summed E-state index contributed by atoms with van der Waals surface area (Å²) < 4.78 is 5.36. The molecular formula is C20H30IN5O. The lowest BCUT2D eigenvalue weighted by Gasteiger charge is -2.28. The monoisotopic (exact) mass is 483 g/mol. The van der Waals surface area contributed by atoms with Gasteiger partial charge in [-0.25, -0.2) is 0 Å². The first-order valence-corrected chi connectivity index (χ1v) is 9.33. The van der Waals surface area contributed by atoms with E-state index in [1.807, 2.05) is 6.07 Å². The van der Waals surface area contributed by atoms with Crippen molar-refractivity contribution in [2.24, 2.45) is 4.99 Å². The zero-order valence-electron chi connectivity index (χ0n) is 16.5. The highest BCUT2D eigenvalue weighted by Gasteiger charge is 2.22. The summed E-state index contributed by atoms with van der Waals surface area (Å²) in [6.07, 6.45) is 1.12. The van der Waals surface area contributed by atoms with Crippen LogP contribution in [0.4, 0.5) is 5.69 Å². The lowest BCUT2D eigenvalue weighted by Crippen LogP contribution is -2.45. The molecule has 0 amide bonds. The van der Waals surface area contributed by atoms with Gasteiger partial charge in [-0.15, -0.1) is 24.0 Å². The van der Waals surface area contributed by atoms with Gasteiger partial charge in [-0.05, 0) is 30.9 Å². The summed E-state index contributed by atoms with van der Waals surface area (Å²) in [5, 5.41) is 10.8. The maximum Gasteiger partial charge on any atom is 0.191 e. The topological polar surface area (TPSA) is 65.7 Å². The number of rotatable bonds is 6. The summed E-state index contributed by atoms with van der Waals surface area (Å²) >= 11 is 0. The van der Waals surface area contributed by atoms with Crippen LogP contribution < -0.4 is 15.5 Å². The molecule has 2 aromatic rings. The van der Waals surface area contributed by atoms with E-state index in [0.717, 1.165) is 36.9 Å². The summed E-state index contributed by atoms with van der Waals surface area (Å²) in [7, 11) is 1.78. The molecule has 0 bridgehead atoms. The molecule has 7 heteroatoms. The summed E-state index contributed by atoms with van der Waals surface area (Å²) in [5.74, 6) is 1.96. The van der Waals surface area contributed by atoms with E-state index >= 15 is 0 Å². The van der Waals surface area contributed by atoms with Crippen LogP contribution >= 0.6 is 24.0 Å². The number of halogens is 1. The van der Waals surface area contributed by atoms with E-state index in [-0.39, 0.29) is 24.0 Å². The second-order valence-corrected chi connectivity index (χ2v) is 7.10. The normalized spacial score (nSPS) is 14.7. The van der Waals surface area contributed by atoms with Gasteiger partial charge < -0.3 is 20.1 Å². The number of aromatic nitrogens is 1. The Bertz CT molecular complexity index is 758. The fourth-order valence-corrected chi connectivity index (χ4v) is 3.25. The first kappa shape index (κ1) is 21.5. The number of para-hydroxylation sites is 1. The second kappa shape index (κ2) is 9.96. The number of hydrogen-bond donors (Lipinski definition) is 2. The number of aliphatic imine (C=N–C) groups is 1. The molecule has 0 saturated carbocycles. The van der Waals surface area contributed by atoms with E-state index in [1.165, 1.54) is 11.3 Å². The van der Waals surface area contributed by atoms with Crippen molar-refractivity contribution in [3.63, 3.8) is 0 Å². The molecule has 27 heavy (non-hydrogen) atoms. The van der Waals surface area contributed by atoms with E-state index in [1.54, 1.807) is 7.05 Å². The first-order chi connectivity index (χ1) is 12.6. The van der Waals surface area contributed by atoms with Crippen molar-refractivity contribution in [3.05, 3.63) is 47.3 Å². The molecule has 0 saturated heterocycles. The van der Waals surface area contributed by atoms with Crippen LogP contribution in [0.1, 0.15) is 43.7 Å². The molecule has 1 aromatic carbocycles. The highest BCUT2D eigenvalue weighted by molar-refractivity contribution is 14.0. The Hall–Kier alpha value is -1.77. The fourth-order valence-electron chi connectivity index (χ4n) is 3.25. The van der Waals surface area contributed by atoms with Crippen molar-refractivity contribution in [1.29, 1.82) is 0 Å². The van der Waals surface area contributed by atoms with Gasteiger partial charge in [-0.1, -0.05) is 37.2 Å². The van der Waals surface area contributed by atoms with Crippen LogP contribution in [0.3, 0.4) is 0 Å². The number of benzene rings is 1. The Kier molecular flexibility index (Phi) is 7.94. The highest BCUT2D eigenvalue weighted by atomic mass is 127. The smallest absolute Gasteiger partial charge is 0.191 e. The SMILES string of the molecule is CN=C(NCc1cc(C(C)C)no1)NCC(C)N1CCc2ccccc21.I. The summed E-state index contributed by atoms with van der Waals surface area (Å²) in [6, 6.07) is 11.0. The molecule has 2 heterocycles. The van der Waals surface area contributed by atoms with Crippen molar-refractivity contribution < 1.29 is 4.52 Å². The predicted octanol–water partition coefficient (Wildman–Crippen LogP) is 3.53. The van der Waals surface area contributed by atoms with Crippen molar-refractivity contribution >= 4 is 35.6 Å². The van der Waals surface area contributed by atoms with Gasteiger partial charge in [0.05, 0.1) is 12.2 Å². The van der Waals surface area contributed by atoms with E-state index in [4.69, 9.17) is 4.52 Å². The third-order valence-corrected chi connectivity index (χ3v) is 4.84. The van der Waals surface area contributed by atoms with Gasteiger partial charge in [0.2, 0.25) is 0 Å². The lowest BCUT2D eigenvalue weighted by atomic mass is 10.1. The van der Waals surface area contributed by atoms with E-state index in [2.05, 4.69) is 70.7 Å². The molecule has 6 nitrogen and oxygen atoms in total. The predicted molar refractivity (Wildman–Crippen MR) is 121 cm³/mol. The lowest BCUT2D eigenvalue weighted by molar-refractivity contribution is 0.372. The first-order valence-electron chi connectivity index (χ1n) is 9.33. The summed E-state index contributed by atoms with van der Waals surface area (Å²) in [5.41, 5.74) is 3.77. The van der Waals surface area contributed by atoms with Crippen LogP contribution in [0.2, 0.25) is 0 Å². The molecule has 2 N–H and O–H groups in total. The number of nitrogens with zero attached hydrogens (tertiary/aromatic N) is 3. The van der Waals surface area contributed by atoms with Crippen LogP contribution in [0.5, 0.6) is 0 Å². The minimum atomic E-state index is 0. The Balaban J connectivity index is 0.00000261. The van der Waals surface area contributed by atoms with Crippen LogP contribution in [-0.4, -0.2) is 37.3 Å². The van der Waals surface area contributed by atoms with Crippen molar-refractivity contribution in [3.8, 4) is 0 Å². The molecule has 0 radical (unpaired) electrons. The molecule has 1 aromatic heterocycles. The summed E-state index contributed by atoms with van der Waals surface area (Å²) in [6.45, 7) is 8.92. The number of hydrogen-bond acceptors (Lipinski definition) is 4. The Labute approximate surface area is 178 Å². The highest BCUT2D eigenvalue weighted by Crippen LogP contribution is 2.28. The standard InChI is InChI=1S/C20H29N5O.HI/c1-14(2)18-11-17(26-24-18)13-23-20(21-4)22-12-15(3)25-10-9-16-7-5-6-8-19(16)25;/h5-8,11,14-15H,9-10,12-13H2,1-4H3,(H2,21,22,23);1H. The molecule has 1 atom stereocenters. The van der Waals surface area contributed by atoms with Gasteiger partial charge in [-0.3, -0.25) is 4.99 Å². The van der Waals surface area contributed by atoms with Gasteiger partial charge in [0.25, 0.3) is 0 Å². The van der Waals surface area contributed by atoms with Crippen molar-refractivity contribution in [2.45, 2.75) is 45.7 Å². The quantitative estimate of drug-likeness (QED) is 0.374. The van der Waals surface area contributed by atoms with Gasteiger partial charge in [-0.2, -0.15) is 0 Å². The Morgan fingerprint density at radius 2 is 2.04 bits per heavy atom. The van der Waals surface area contributed by atoms with Crippen molar-refractivity contribution in [1.82, 2.24) is 15.8 Å². The number of anilines is 1. The maximum atomic E-state index is 5.36. The summed E-state index contributed by atoms with van der Waals surface area (Å²) in [4.78, 5) is 6.76. The zero-order valence-corrected chi connectivity index (χ0v) is 18.9. The second-order valence-electron chi connectivity index (χ2n) is 7.10. The minimum Gasteiger partial charge on any atom is -0.366 e. The zero-order chi connectivity index (χ0) is 18.5. The average Bonchev–Trinajstić information content (AvgIpc) is 3.28. The molecule has 1 unspecified atom stereocenters. The van der Waals surface area contributed by atoms with Crippen LogP contribution in [0.15, 0.2) is 39.8 Å². The average molecular weight is 483 g/mol. The number of nitrogens with one attached hydrogen (secondary N) is 2. The Morgan fingerprint density at radius 3 is 2.74 bits per heavy atom.